The van der Waals surface area contributed by atoms with E-state index in [4.69, 9.17) is 11.6 Å². The number of hydrogen-bond donors (Lipinski definition) is 2. The maximum absolute atomic E-state index is 12.7. The Morgan fingerprint density at radius 3 is 2.54 bits per heavy atom. The highest BCUT2D eigenvalue weighted by Gasteiger charge is 2.17. The van der Waals surface area contributed by atoms with Crippen LogP contribution in [-0.4, -0.2) is 32.3 Å². The summed E-state index contributed by atoms with van der Waals surface area (Å²) in [5, 5.41) is 15.5. The molecule has 0 bridgehead atoms. The third-order valence-electron chi connectivity index (χ3n) is 5.21. The van der Waals surface area contributed by atoms with Gasteiger partial charge in [0.25, 0.3) is 5.91 Å². The lowest BCUT2D eigenvalue weighted by molar-refractivity contribution is -0.113. The number of amides is 2. The number of benzene rings is 3. The van der Waals surface area contributed by atoms with Gasteiger partial charge < -0.3 is 10.6 Å². The zero-order valence-corrected chi connectivity index (χ0v) is 20.9. The fraction of sp³-hybridized carbons (Fsp3) is 0.154. The highest BCUT2D eigenvalue weighted by atomic mass is 35.5. The molecule has 0 unspecified atom stereocenters. The van der Waals surface area contributed by atoms with E-state index < -0.39 is 0 Å². The number of anilines is 1. The minimum atomic E-state index is -0.214. The largest absolute Gasteiger partial charge is 0.345 e. The Morgan fingerprint density at radius 1 is 0.971 bits per heavy atom. The van der Waals surface area contributed by atoms with Gasteiger partial charge in [-0.2, -0.15) is 0 Å². The molecular formula is C26H24ClN5O2S. The summed E-state index contributed by atoms with van der Waals surface area (Å²) in [6.07, 6.45) is 0. The van der Waals surface area contributed by atoms with Crippen LogP contribution in [0.2, 0.25) is 5.02 Å². The molecule has 4 rings (SSSR count). The van der Waals surface area contributed by atoms with Crippen molar-refractivity contribution in [1.82, 2.24) is 20.1 Å². The highest BCUT2D eigenvalue weighted by molar-refractivity contribution is 7.99. The molecule has 0 aliphatic rings. The Labute approximate surface area is 212 Å². The number of nitrogens with one attached hydrogen (secondary N) is 2. The monoisotopic (exact) mass is 505 g/mol. The molecule has 35 heavy (non-hydrogen) atoms. The highest BCUT2D eigenvalue weighted by Crippen LogP contribution is 2.25. The van der Waals surface area contributed by atoms with Crippen LogP contribution >= 0.6 is 23.4 Å². The maximum Gasteiger partial charge on any atom is 0.251 e. The van der Waals surface area contributed by atoms with Crippen molar-refractivity contribution >= 4 is 40.9 Å². The molecule has 2 amide bonds. The molecule has 7 nitrogen and oxygen atoms in total. The average Bonchev–Trinajstić information content (AvgIpc) is 3.27. The number of carbonyl (C=O) groups excluding carboxylic acids is 2. The van der Waals surface area contributed by atoms with E-state index in [0.29, 0.717) is 21.6 Å². The first-order valence-electron chi connectivity index (χ1n) is 10.9. The van der Waals surface area contributed by atoms with Crippen molar-refractivity contribution in [3.05, 3.63) is 100 Å². The van der Waals surface area contributed by atoms with Crippen LogP contribution in [-0.2, 0) is 11.3 Å². The lowest BCUT2D eigenvalue weighted by Crippen LogP contribution is -2.24. The minimum absolute atomic E-state index is 0.141. The van der Waals surface area contributed by atoms with Crippen LogP contribution < -0.4 is 10.6 Å². The molecule has 0 saturated heterocycles. The average molecular weight is 506 g/mol. The van der Waals surface area contributed by atoms with E-state index in [1.807, 2.05) is 50.2 Å². The van der Waals surface area contributed by atoms with Crippen LogP contribution in [0.4, 0.5) is 5.69 Å². The van der Waals surface area contributed by atoms with Crippen LogP contribution in [0.1, 0.15) is 27.3 Å². The van der Waals surface area contributed by atoms with E-state index >= 15 is 0 Å². The molecule has 3 aromatic carbocycles. The van der Waals surface area contributed by atoms with Crippen LogP contribution in [0.15, 0.2) is 78.0 Å². The van der Waals surface area contributed by atoms with Gasteiger partial charge in [0.05, 0.1) is 18.0 Å². The molecule has 0 radical (unpaired) electrons. The van der Waals surface area contributed by atoms with E-state index in [0.717, 1.165) is 22.5 Å². The lowest BCUT2D eigenvalue weighted by Gasteiger charge is -2.12. The summed E-state index contributed by atoms with van der Waals surface area (Å²) >= 11 is 7.48. The number of aromatic nitrogens is 3. The fourth-order valence-corrected chi connectivity index (χ4v) is 4.38. The number of thioether (sulfide) groups is 1. The van der Waals surface area contributed by atoms with Crippen molar-refractivity contribution in [2.75, 3.05) is 11.1 Å². The second kappa shape index (κ2) is 11.2. The Kier molecular flexibility index (Phi) is 7.84. The lowest BCUT2D eigenvalue weighted by atomic mass is 10.1. The summed E-state index contributed by atoms with van der Waals surface area (Å²) in [5.41, 5.74) is 4.15. The first-order valence-corrected chi connectivity index (χ1v) is 12.3. The molecule has 4 aromatic rings. The Hall–Kier alpha value is -3.62. The first-order chi connectivity index (χ1) is 16.9. The van der Waals surface area contributed by atoms with Crippen molar-refractivity contribution in [1.29, 1.82) is 0 Å². The van der Waals surface area contributed by atoms with E-state index in [9.17, 15) is 9.59 Å². The van der Waals surface area contributed by atoms with Crippen molar-refractivity contribution in [3.63, 3.8) is 0 Å². The van der Waals surface area contributed by atoms with E-state index in [1.165, 1.54) is 11.8 Å². The summed E-state index contributed by atoms with van der Waals surface area (Å²) in [4.78, 5) is 25.2. The second-order valence-electron chi connectivity index (χ2n) is 7.92. The molecule has 1 aromatic heterocycles. The molecule has 0 spiro atoms. The normalized spacial score (nSPS) is 10.7. The minimum Gasteiger partial charge on any atom is -0.345 e. The zero-order chi connectivity index (χ0) is 24.8. The van der Waals surface area contributed by atoms with Gasteiger partial charge in [-0.3, -0.25) is 14.2 Å². The SMILES string of the molecule is Cc1ccc(C)c(NC(=O)CSc2nnc(CNC(=O)c3ccccc3)n2-c2cccc(Cl)c2)c1. The predicted molar refractivity (Wildman–Crippen MR) is 139 cm³/mol. The summed E-state index contributed by atoms with van der Waals surface area (Å²) in [5.74, 6) is 0.299. The zero-order valence-electron chi connectivity index (χ0n) is 19.3. The van der Waals surface area contributed by atoms with E-state index in [1.54, 1.807) is 41.0 Å². The standard InChI is InChI=1S/C26H24ClN5O2S/c1-17-11-12-18(2)22(13-17)29-24(33)16-35-26-31-30-23(32(26)21-10-6-9-20(27)14-21)15-28-25(34)19-7-4-3-5-8-19/h3-14H,15-16H2,1-2H3,(H,28,34)(H,29,33). The van der Waals surface area contributed by atoms with E-state index in [2.05, 4.69) is 20.8 Å². The molecule has 2 N–H and O–H groups in total. The van der Waals surface area contributed by atoms with Crippen molar-refractivity contribution in [2.45, 2.75) is 25.5 Å². The molecule has 9 heteroatoms. The summed E-state index contributed by atoms with van der Waals surface area (Å²) in [7, 11) is 0. The van der Waals surface area contributed by atoms with Gasteiger partial charge in [-0.05, 0) is 61.4 Å². The topological polar surface area (TPSA) is 88.9 Å². The van der Waals surface area contributed by atoms with Gasteiger partial charge in [0.2, 0.25) is 5.91 Å². The van der Waals surface area contributed by atoms with Gasteiger partial charge in [-0.15, -0.1) is 10.2 Å². The fourth-order valence-electron chi connectivity index (χ4n) is 3.42. The number of aryl methyl sites for hydroxylation is 2. The Balaban J connectivity index is 1.51. The van der Waals surface area contributed by atoms with E-state index in [-0.39, 0.29) is 24.1 Å². The van der Waals surface area contributed by atoms with Crippen LogP contribution in [0.3, 0.4) is 0 Å². The maximum atomic E-state index is 12.7. The summed E-state index contributed by atoms with van der Waals surface area (Å²) in [6.45, 7) is 4.09. The molecule has 1 heterocycles. The van der Waals surface area contributed by atoms with Crippen molar-refractivity contribution < 1.29 is 9.59 Å². The van der Waals surface area contributed by atoms with Gasteiger partial charge in [0.15, 0.2) is 11.0 Å². The van der Waals surface area contributed by atoms with Gasteiger partial charge in [-0.25, -0.2) is 0 Å². The molecule has 178 valence electrons. The van der Waals surface area contributed by atoms with Crippen LogP contribution in [0, 0.1) is 13.8 Å². The van der Waals surface area contributed by atoms with Gasteiger partial charge in [0, 0.05) is 16.3 Å². The third kappa shape index (κ3) is 6.29. The molecule has 0 aliphatic carbocycles. The molecule has 0 aliphatic heterocycles. The Bertz CT molecular complexity index is 1360. The van der Waals surface area contributed by atoms with Crippen LogP contribution in [0.25, 0.3) is 5.69 Å². The smallest absolute Gasteiger partial charge is 0.251 e. The number of nitrogens with zero attached hydrogens (tertiary/aromatic N) is 3. The first kappa shape index (κ1) is 24.5. The molecular weight excluding hydrogens is 482 g/mol. The number of halogens is 1. The van der Waals surface area contributed by atoms with Crippen molar-refractivity contribution in [2.24, 2.45) is 0 Å². The van der Waals surface area contributed by atoms with Gasteiger partial charge in [0.1, 0.15) is 0 Å². The third-order valence-corrected chi connectivity index (χ3v) is 6.37. The van der Waals surface area contributed by atoms with Crippen LogP contribution in [0.5, 0.6) is 0 Å². The molecule has 0 saturated carbocycles. The van der Waals surface area contributed by atoms with Crippen molar-refractivity contribution in [3.8, 4) is 5.69 Å². The molecule has 0 atom stereocenters. The quantitative estimate of drug-likeness (QED) is 0.321. The summed E-state index contributed by atoms with van der Waals surface area (Å²) in [6, 6.07) is 22.1. The predicted octanol–water partition coefficient (Wildman–Crippen LogP) is 5.20. The molecule has 0 fully saturated rings. The number of carbonyl (C=O) groups is 2. The second-order valence-corrected chi connectivity index (χ2v) is 9.30. The summed E-state index contributed by atoms with van der Waals surface area (Å²) < 4.78 is 1.80. The Morgan fingerprint density at radius 2 is 1.77 bits per heavy atom. The number of rotatable bonds is 8. The number of hydrogen-bond acceptors (Lipinski definition) is 5. The van der Waals surface area contributed by atoms with Gasteiger partial charge in [-0.1, -0.05) is 59.8 Å². The van der Waals surface area contributed by atoms with Gasteiger partial charge >= 0.3 is 0 Å².